The van der Waals surface area contributed by atoms with Gasteiger partial charge in [0.25, 0.3) is 5.91 Å². The maximum Gasteiger partial charge on any atom is 0.253 e. The Morgan fingerprint density at radius 2 is 1.61 bits per heavy atom. The highest BCUT2D eigenvalue weighted by atomic mass is 16.5. The maximum absolute atomic E-state index is 12.3. The van der Waals surface area contributed by atoms with Crippen LogP contribution in [-0.2, 0) is 4.79 Å². The van der Waals surface area contributed by atoms with E-state index in [1.807, 2.05) is 29.2 Å². The topological polar surface area (TPSA) is 70.7 Å². The van der Waals surface area contributed by atoms with Gasteiger partial charge in [-0.1, -0.05) is 6.92 Å². The molecular weight excluding hydrogens is 354 g/mol. The fraction of sp³-hybridized carbons (Fsp3) is 0.364. The first-order valence-corrected chi connectivity index (χ1v) is 9.81. The Bertz CT molecular complexity index is 782. The smallest absolute Gasteiger partial charge is 0.253 e. The summed E-state index contributed by atoms with van der Waals surface area (Å²) in [5.41, 5.74) is 2.18. The molecule has 2 aromatic rings. The Morgan fingerprint density at radius 1 is 0.964 bits per heavy atom. The van der Waals surface area contributed by atoms with Crippen LogP contribution in [0.4, 0.5) is 11.4 Å². The van der Waals surface area contributed by atoms with Crippen LogP contribution in [0.1, 0.15) is 36.5 Å². The minimum atomic E-state index is -0.148. The molecule has 0 saturated carbocycles. The number of nitrogens with one attached hydrogen (secondary N) is 2. The zero-order valence-corrected chi connectivity index (χ0v) is 16.2. The summed E-state index contributed by atoms with van der Waals surface area (Å²) < 4.78 is 5.54. The minimum Gasteiger partial charge on any atom is -0.494 e. The third-order valence-electron chi connectivity index (χ3n) is 4.59. The lowest BCUT2D eigenvalue weighted by molar-refractivity contribution is -0.114. The third-order valence-corrected chi connectivity index (χ3v) is 4.59. The van der Waals surface area contributed by atoms with E-state index >= 15 is 0 Å². The summed E-state index contributed by atoms with van der Waals surface area (Å²) in [5.74, 6) is 0.730. The van der Waals surface area contributed by atoms with Crippen LogP contribution in [0.2, 0.25) is 0 Å². The molecule has 1 aliphatic rings. The molecule has 1 heterocycles. The molecule has 1 fully saturated rings. The number of amides is 2. The van der Waals surface area contributed by atoms with Crippen molar-refractivity contribution in [1.29, 1.82) is 0 Å². The Balaban J connectivity index is 1.46. The maximum atomic E-state index is 12.3. The molecule has 0 radical (unpaired) electrons. The first kappa shape index (κ1) is 19.7. The summed E-state index contributed by atoms with van der Waals surface area (Å²) in [6.45, 7) is 4.57. The largest absolute Gasteiger partial charge is 0.494 e. The van der Waals surface area contributed by atoms with E-state index in [-0.39, 0.29) is 18.4 Å². The van der Waals surface area contributed by atoms with E-state index < -0.39 is 0 Å². The van der Waals surface area contributed by atoms with E-state index in [1.54, 1.807) is 24.3 Å². The third kappa shape index (κ3) is 5.49. The number of nitrogens with zero attached hydrogens (tertiary/aromatic N) is 1. The highest BCUT2D eigenvalue weighted by Gasteiger charge is 2.19. The van der Waals surface area contributed by atoms with Crippen LogP contribution in [0.5, 0.6) is 5.75 Å². The van der Waals surface area contributed by atoms with Gasteiger partial charge in [0, 0.05) is 30.0 Å². The number of carbonyl (C=O) groups excluding carboxylic acids is 2. The average Bonchev–Trinajstić information content (AvgIpc) is 3.26. The van der Waals surface area contributed by atoms with Crippen molar-refractivity contribution in [3.8, 4) is 5.75 Å². The number of anilines is 2. The Hall–Kier alpha value is -3.02. The molecule has 0 bridgehead atoms. The van der Waals surface area contributed by atoms with Gasteiger partial charge in [-0.15, -0.1) is 0 Å². The Morgan fingerprint density at radius 3 is 2.25 bits per heavy atom. The average molecular weight is 381 g/mol. The molecule has 6 heteroatoms. The number of likely N-dealkylation sites (tertiary alicyclic amines) is 1. The summed E-state index contributed by atoms with van der Waals surface area (Å²) in [7, 11) is 0. The first-order valence-electron chi connectivity index (χ1n) is 9.81. The van der Waals surface area contributed by atoms with Gasteiger partial charge in [-0.25, -0.2) is 0 Å². The van der Waals surface area contributed by atoms with Crippen LogP contribution in [-0.4, -0.2) is 43.0 Å². The molecule has 2 amide bonds. The SMILES string of the molecule is CCCOc1ccc(NCC(=O)Nc2ccc(C(=O)N3CCCC3)cc2)cc1. The molecule has 3 rings (SSSR count). The molecule has 1 saturated heterocycles. The van der Waals surface area contributed by atoms with Crippen molar-refractivity contribution in [2.45, 2.75) is 26.2 Å². The second-order valence-corrected chi connectivity index (χ2v) is 6.85. The molecule has 148 valence electrons. The predicted octanol–water partition coefficient (Wildman–Crippen LogP) is 3.76. The van der Waals surface area contributed by atoms with E-state index in [0.29, 0.717) is 17.9 Å². The van der Waals surface area contributed by atoms with Gasteiger partial charge < -0.3 is 20.3 Å². The molecule has 2 N–H and O–H groups in total. The normalized spacial score (nSPS) is 13.2. The van der Waals surface area contributed by atoms with Gasteiger partial charge in [0.2, 0.25) is 5.91 Å². The molecule has 0 aromatic heterocycles. The quantitative estimate of drug-likeness (QED) is 0.730. The second-order valence-electron chi connectivity index (χ2n) is 6.85. The zero-order chi connectivity index (χ0) is 19.8. The van der Waals surface area contributed by atoms with Crippen molar-refractivity contribution >= 4 is 23.2 Å². The summed E-state index contributed by atoms with van der Waals surface area (Å²) in [6.07, 6.45) is 3.11. The van der Waals surface area contributed by atoms with Gasteiger partial charge >= 0.3 is 0 Å². The molecule has 0 spiro atoms. The molecule has 0 unspecified atom stereocenters. The van der Waals surface area contributed by atoms with Gasteiger partial charge in [0.05, 0.1) is 13.2 Å². The standard InChI is InChI=1S/C22H27N3O3/c1-2-15-28-20-11-9-18(10-12-20)23-16-21(26)24-19-7-5-17(6-8-19)22(27)25-13-3-4-14-25/h5-12,23H,2-4,13-16H2,1H3,(H,24,26). The zero-order valence-electron chi connectivity index (χ0n) is 16.2. The molecule has 6 nitrogen and oxygen atoms in total. The summed E-state index contributed by atoms with van der Waals surface area (Å²) in [4.78, 5) is 26.4. The van der Waals surface area contributed by atoms with Crippen LogP contribution in [0.3, 0.4) is 0 Å². The fourth-order valence-corrected chi connectivity index (χ4v) is 3.08. The van der Waals surface area contributed by atoms with Crippen molar-refractivity contribution in [3.05, 3.63) is 54.1 Å². The van der Waals surface area contributed by atoms with Crippen molar-refractivity contribution in [2.24, 2.45) is 0 Å². The summed E-state index contributed by atoms with van der Waals surface area (Å²) >= 11 is 0. The van der Waals surface area contributed by atoms with Crippen LogP contribution in [0.25, 0.3) is 0 Å². The predicted molar refractivity (Wildman–Crippen MR) is 111 cm³/mol. The molecule has 2 aromatic carbocycles. The van der Waals surface area contributed by atoms with Crippen molar-refractivity contribution < 1.29 is 14.3 Å². The summed E-state index contributed by atoms with van der Waals surface area (Å²) in [5, 5.41) is 5.92. The van der Waals surface area contributed by atoms with Crippen molar-refractivity contribution in [3.63, 3.8) is 0 Å². The van der Waals surface area contributed by atoms with E-state index in [0.717, 1.165) is 43.8 Å². The molecule has 0 aliphatic carbocycles. The van der Waals surface area contributed by atoms with Gasteiger partial charge in [-0.2, -0.15) is 0 Å². The number of ether oxygens (including phenoxy) is 1. The van der Waals surface area contributed by atoms with Crippen molar-refractivity contribution in [2.75, 3.05) is 36.9 Å². The highest BCUT2D eigenvalue weighted by Crippen LogP contribution is 2.17. The molecule has 0 atom stereocenters. The fourth-order valence-electron chi connectivity index (χ4n) is 3.08. The van der Waals surface area contributed by atoms with E-state index in [9.17, 15) is 9.59 Å². The van der Waals surface area contributed by atoms with Crippen LogP contribution < -0.4 is 15.4 Å². The summed E-state index contributed by atoms with van der Waals surface area (Å²) in [6, 6.07) is 14.6. The van der Waals surface area contributed by atoms with Crippen LogP contribution in [0.15, 0.2) is 48.5 Å². The van der Waals surface area contributed by atoms with Gasteiger partial charge in [-0.3, -0.25) is 9.59 Å². The highest BCUT2D eigenvalue weighted by molar-refractivity contribution is 5.96. The number of hydrogen-bond acceptors (Lipinski definition) is 4. The minimum absolute atomic E-state index is 0.0587. The Labute approximate surface area is 165 Å². The first-order chi connectivity index (χ1) is 13.7. The number of carbonyl (C=O) groups is 2. The van der Waals surface area contributed by atoms with Gasteiger partial charge in [0.15, 0.2) is 0 Å². The van der Waals surface area contributed by atoms with Crippen LogP contribution in [0, 0.1) is 0 Å². The molecular formula is C22H27N3O3. The van der Waals surface area contributed by atoms with E-state index in [1.165, 1.54) is 0 Å². The monoisotopic (exact) mass is 381 g/mol. The lowest BCUT2D eigenvalue weighted by Crippen LogP contribution is -2.27. The number of rotatable bonds is 8. The van der Waals surface area contributed by atoms with Gasteiger partial charge in [-0.05, 0) is 67.8 Å². The second kappa shape index (κ2) is 9.78. The lowest BCUT2D eigenvalue weighted by atomic mass is 10.2. The lowest BCUT2D eigenvalue weighted by Gasteiger charge is -2.15. The van der Waals surface area contributed by atoms with Gasteiger partial charge in [0.1, 0.15) is 5.75 Å². The van der Waals surface area contributed by atoms with E-state index in [2.05, 4.69) is 17.6 Å². The number of hydrogen-bond donors (Lipinski definition) is 2. The van der Waals surface area contributed by atoms with E-state index in [4.69, 9.17) is 4.74 Å². The number of benzene rings is 2. The van der Waals surface area contributed by atoms with Crippen LogP contribution >= 0.6 is 0 Å². The Kier molecular flexibility index (Phi) is 6.89. The molecule has 28 heavy (non-hydrogen) atoms. The van der Waals surface area contributed by atoms with Crippen molar-refractivity contribution in [1.82, 2.24) is 4.90 Å². The molecule has 1 aliphatic heterocycles.